The van der Waals surface area contributed by atoms with Gasteiger partial charge in [0.1, 0.15) is 11.6 Å². The Labute approximate surface area is 225 Å². The Morgan fingerprint density at radius 2 is 1.78 bits per heavy atom. The van der Waals surface area contributed by atoms with Crippen LogP contribution in [0.2, 0.25) is 0 Å². The fourth-order valence-corrected chi connectivity index (χ4v) is 4.11. The standard InChI is InChI=1S/C19H32N4.C8H7F.C2H5N.C2H6/c1-14-8-9-19(15(2)11-14)23-16(3)22-13-18(23)12-17(21-4)7-5-6-10-20;1-2-7-5-3-4-6-8(7)9;1-2-3;1-2/h11,13,17,21H,5-10,12,20H2,1-4H3;2-6H,1H2;2H,1,3H2;1-2H3. The lowest BCUT2D eigenvalue weighted by Crippen LogP contribution is -2.29. The van der Waals surface area contributed by atoms with Crippen LogP contribution in [0.3, 0.4) is 0 Å². The number of halogens is 1. The van der Waals surface area contributed by atoms with E-state index in [1.54, 1.807) is 18.2 Å². The topological polar surface area (TPSA) is 81.9 Å². The van der Waals surface area contributed by atoms with Crippen molar-refractivity contribution >= 4 is 11.8 Å². The summed E-state index contributed by atoms with van der Waals surface area (Å²) in [6, 6.07) is 7.01. The zero-order valence-corrected chi connectivity index (χ0v) is 24.0. The first-order chi connectivity index (χ1) is 17.8. The second kappa shape index (κ2) is 20.1. The van der Waals surface area contributed by atoms with Gasteiger partial charge in [-0.25, -0.2) is 9.37 Å². The van der Waals surface area contributed by atoms with Crippen LogP contribution < -0.4 is 16.8 Å². The SMILES string of the molecule is C=CN.C=Cc1ccccc1F.CC.CNC(CCCCN)Cc1cnc(C)n1C1=C(C)C=C(C)CC1. The molecule has 1 heterocycles. The van der Waals surface area contributed by atoms with Gasteiger partial charge in [0, 0.05) is 35.6 Å². The number of nitrogens with zero attached hydrogens (tertiary/aromatic N) is 2. The number of aromatic nitrogens is 2. The second-order valence-electron chi connectivity index (χ2n) is 8.69. The first kappa shape index (κ1) is 34.0. The normalized spacial score (nSPS) is 13.0. The maximum absolute atomic E-state index is 12.5. The fourth-order valence-electron chi connectivity index (χ4n) is 4.11. The van der Waals surface area contributed by atoms with Crippen molar-refractivity contribution in [2.24, 2.45) is 11.5 Å². The molecule has 1 aliphatic rings. The number of unbranched alkanes of at least 4 members (excludes halogenated alkanes) is 1. The molecular weight excluding hydrogens is 461 g/mol. The van der Waals surface area contributed by atoms with Crippen molar-refractivity contribution in [3.63, 3.8) is 0 Å². The second-order valence-corrected chi connectivity index (χ2v) is 8.69. The van der Waals surface area contributed by atoms with Gasteiger partial charge in [0.2, 0.25) is 0 Å². The van der Waals surface area contributed by atoms with E-state index in [4.69, 9.17) is 5.73 Å². The molecule has 37 heavy (non-hydrogen) atoms. The van der Waals surface area contributed by atoms with Gasteiger partial charge in [-0.1, -0.05) is 69.4 Å². The zero-order valence-electron chi connectivity index (χ0n) is 24.0. The molecule has 0 aliphatic heterocycles. The first-order valence-corrected chi connectivity index (χ1v) is 13.3. The Balaban J connectivity index is 0.000000764. The van der Waals surface area contributed by atoms with Crippen LogP contribution in [0.5, 0.6) is 0 Å². The summed E-state index contributed by atoms with van der Waals surface area (Å²) in [6.07, 6.45) is 13.8. The molecular formula is C31H50FN5. The Morgan fingerprint density at radius 3 is 2.30 bits per heavy atom. The minimum absolute atomic E-state index is 0.215. The number of nitrogens with one attached hydrogen (secondary N) is 1. The molecule has 0 spiro atoms. The molecule has 2 aromatic rings. The zero-order chi connectivity index (χ0) is 28.2. The Kier molecular flexibility index (Phi) is 18.5. The lowest BCUT2D eigenvalue weighted by molar-refractivity contribution is 0.487. The number of nitrogens with two attached hydrogens (primary N) is 2. The van der Waals surface area contributed by atoms with Crippen LogP contribution >= 0.6 is 0 Å². The van der Waals surface area contributed by atoms with Gasteiger partial charge >= 0.3 is 0 Å². The highest BCUT2D eigenvalue weighted by molar-refractivity contribution is 5.58. The van der Waals surface area contributed by atoms with Gasteiger partial charge in [0.25, 0.3) is 0 Å². The molecule has 1 aromatic carbocycles. The van der Waals surface area contributed by atoms with Crippen LogP contribution in [0.1, 0.15) is 76.9 Å². The van der Waals surface area contributed by atoms with Crippen molar-refractivity contribution in [1.82, 2.24) is 14.9 Å². The van der Waals surface area contributed by atoms with Crippen molar-refractivity contribution in [2.75, 3.05) is 13.6 Å². The molecule has 5 nitrogen and oxygen atoms in total. The molecule has 0 fully saturated rings. The lowest BCUT2D eigenvalue weighted by atomic mass is 9.97. The summed E-state index contributed by atoms with van der Waals surface area (Å²) in [5, 5.41) is 3.46. The lowest BCUT2D eigenvalue weighted by Gasteiger charge is -2.23. The van der Waals surface area contributed by atoms with Crippen LogP contribution in [0.15, 0.2) is 67.0 Å². The molecule has 3 rings (SSSR count). The van der Waals surface area contributed by atoms with Crippen molar-refractivity contribution in [3.8, 4) is 0 Å². The maximum Gasteiger partial charge on any atom is 0.130 e. The smallest absolute Gasteiger partial charge is 0.130 e. The molecule has 6 heteroatoms. The van der Waals surface area contributed by atoms with Crippen LogP contribution in [0.4, 0.5) is 4.39 Å². The van der Waals surface area contributed by atoms with Gasteiger partial charge in [0.05, 0.1) is 0 Å². The predicted molar refractivity (Wildman–Crippen MR) is 161 cm³/mol. The van der Waals surface area contributed by atoms with Gasteiger partial charge in [0.15, 0.2) is 0 Å². The van der Waals surface area contributed by atoms with Crippen LogP contribution in [-0.2, 0) is 6.42 Å². The predicted octanol–water partition coefficient (Wildman–Crippen LogP) is 7.01. The number of aryl methyl sites for hydroxylation is 1. The van der Waals surface area contributed by atoms with Crippen molar-refractivity contribution < 1.29 is 4.39 Å². The summed E-state index contributed by atoms with van der Waals surface area (Å²) in [5.41, 5.74) is 16.4. The molecule has 1 aliphatic carbocycles. The van der Waals surface area contributed by atoms with E-state index in [0.717, 1.165) is 44.5 Å². The average molecular weight is 512 g/mol. The fraction of sp³-hybridized carbons (Fsp3) is 0.452. The van der Waals surface area contributed by atoms with E-state index in [-0.39, 0.29) is 5.82 Å². The van der Waals surface area contributed by atoms with Crippen molar-refractivity contribution in [1.29, 1.82) is 0 Å². The highest BCUT2D eigenvalue weighted by atomic mass is 19.1. The highest BCUT2D eigenvalue weighted by Gasteiger charge is 2.18. The molecule has 5 N–H and O–H groups in total. The number of hydrogen-bond donors (Lipinski definition) is 3. The largest absolute Gasteiger partial charge is 0.405 e. The number of hydrogen-bond acceptors (Lipinski definition) is 4. The first-order valence-electron chi connectivity index (χ1n) is 13.3. The van der Waals surface area contributed by atoms with E-state index < -0.39 is 0 Å². The number of rotatable bonds is 9. The van der Waals surface area contributed by atoms with E-state index in [2.05, 4.69) is 67.7 Å². The number of likely N-dealkylation sites (N-methyl/N-ethyl adjacent to an activating group) is 1. The van der Waals surface area contributed by atoms with Crippen LogP contribution in [0, 0.1) is 12.7 Å². The third kappa shape index (κ3) is 12.2. The molecule has 0 bridgehead atoms. The van der Waals surface area contributed by atoms with E-state index in [9.17, 15) is 4.39 Å². The van der Waals surface area contributed by atoms with Gasteiger partial charge in [-0.2, -0.15) is 0 Å². The monoisotopic (exact) mass is 511 g/mol. The molecule has 1 unspecified atom stereocenters. The highest BCUT2D eigenvalue weighted by Crippen LogP contribution is 2.29. The average Bonchev–Trinajstić information content (AvgIpc) is 3.25. The van der Waals surface area contributed by atoms with E-state index in [1.807, 2.05) is 20.0 Å². The van der Waals surface area contributed by atoms with Gasteiger partial charge in [-0.15, -0.1) is 0 Å². The van der Waals surface area contributed by atoms with Crippen molar-refractivity contribution in [2.45, 2.75) is 79.2 Å². The Hall–Kier alpha value is -2.96. The summed E-state index contributed by atoms with van der Waals surface area (Å²) < 4.78 is 14.9. The van der Waals surface area contributed by atoms with Gasteiger partial charge in [-0.05, 0) is 77.9 Å². The quantitative estimate of drug-likeness (QED) is 0.316. The molecule has 0 amide bonds. The minimum Gasteiger partial charge on any atom is -0.405 e. The van der Waals surface area contributed by atoms with E-state index in [1.165, 1.54) is 47.3 Å². The molecule has 206 valence electrons. The molecule has 0 radical (unpaired) electrons. The summed E-state index contributed by atoms with van der Waals surface area (Å²) in [5.74, 6) is 0.881. The van der Waals surface area contributed by atoms with Gasteiger partial charge < -0.3 is 21.4 Å². The van der Waals surface area contributed by atoms with Crippen LogP contribution in [0.25, 0.3) is 11.8 Å². The molecule has 0 saturated carbocycles. The Bertz CT molecular complexity index is 987. The number of benzene rings is 1. The van der Waals surface area contributed by atoms with E-state index in [0.29, 0.717) is 11.6 Å². The maximum atomic E-state index is 12.5. The molecule has 1 aromatic heterocycles. The summed E-state index contributed by atoms with van der Waals surface area (Å²) in [6.45, 7) is 17.9. The summed E-state index contributed by atoms with van der Waals surface area (Å²) >= 11 is 0. The number of allylic oxidation sites excluding steroid dienone is 4. The molecule has 1 atom stereocenters. The Morgan fingerprint density at radius 1 is 1.14 bits per heavy atom. The molecule has 0 saturated heterocycles. The minimum atomic E-state index is -0.215. The van der Waals surface area contributed by atoms with E-state index >= 15 is 0 Å². The summed E-state index contributed by atoms with van der Waals surface area (Å²) in [4.78, 5) is 4.59. The summed E-state index contributed by atoms with van der Waals surface area (Å²) in [7, 11) is 2.05. The van der Waals surface area contributed by atoms with Gasteiger partial charge in [-0.3, -0.25) is 0 Å². The third-order valence-corrected chi connectivity index (χ3v) is 5.95. The third-order valence-electron chi connectivity index (χ3n) is 5.95. The number of imidazole rings is 1. The van der Waals surface area contributed by atoms with Crippen LogP contribution in [-0.4, -0.2) is 29.2 Å². The van der Waals surface area contributed by atoms with Crippen molar-refractivity contribution in [3.05, 3.63) is 89.9 Å².